The van der Waals surface area contributed by atoms with E-state index in [-0.39, 0.29) is 5.97 Å². The minimum atomic E-state index is -0.280. The number of aromatic nitrogens is 1. The number of carbonyl (C=O) groups excluding carboxylic acids is 1. The third kappa shape index (κ3) is 4.35. The molecule has 1 fully saturated rings. The van der Waals surface area contributed by atoms with Crippen molar-refractivity contribution in [2.24, 2.45) is 0 Å². The standard InChI is InChI=1S/C21H23N3O2S/c1-26-21(25)17-6-4-5-16(13-17)14-23-9-11-24(12-10-23)15-20-22-18-7-2-3-8-19(18)27-20/h2-8,13H,9-12,14-15H2,1H3. The van der Waals surface area contributed by atoms with Crippen molar-refractivity contribution in [3.05, 3.63) is 64.7 Å². The second-order valence-corrected chi connectivity index (χ2v) is 7.93. The first-order valence-electron chi connectivity index (χ1n) is 9.18. The molecule has 1 aliphatic heterocycles. The van der Waals surface area contributed by atoms with Gasteiger partial charge in [0.15, 0.2) is 0 Å². The van der Waals surface area contributed by atoms with Gasteiger partial charge in [0.25, 0.3) is 0 Å². The zero-order chi connectivity index (χ0) is 18.6. The van der Waals surface area contributed by atoms with E-state index < -0.39 is 0 Å². The molecule has 3 aromatic rings. The number of para-hydroxylation sites is 1. The van der Waals surface area contributed by atoms with Crippen LogP contribution in [-0.2, 0) is 17.8 Å². The van der Waals surface area contributed by atoms with Crippen molar-refractivity contribution >= 4 is 27.5 Å². The van der Waals surface area contributed by atoms with E-state index in [9.17, 15) is 4.79 Å². The Morgan fingerprint density at radius 2 is 1.78 bits per heavy atom. The van der Waals surface area contributed by atoms with Crippen LogP contribution in [-0.4, -0.2) is 54.0 Å². The van der Waals surface area contributed by atoms with Crippen molar-refractivity contribution in [3.63, 3.8) is 0 Å². The van der Waals surface area contributed by atoms with E-state index in [2.05, 4.69) is 34.1 Å². The maximum atomic E-state index is 11.7. The summed E-state index contributed by atoms with van der Waals surface area (Å²) in [6.45, 7) is 5.89. The molecule has 1 saturated heterocycles. The Labute approximate surface area is 163 Å². The zero-order valence-electron chi connectivity index (χ0n) is 15.4. The molecule has 0 radical (unpaired) electrons. The maximum absolute atomic E-state index is 11.7. The van der Waals surface area contributed by atoms with Crippen LogP contribution >= 0.6 is 11.3 Å². The predicted octanol–water partition coefficient (Wildman–Crippen LogP) is 3.40. The highest BCUT2D eigenvalue weighted by molar-refractivity contribution is 7.18. The smallest absolute Gasteiger partial charge is 0.337 e. The lowest BCUT2D eigenvalue weighted by Gasteiger charge is -2.34. The van der Waals surface area contributed by atoms with Gasteiger partial charge in [-0.15, -0.1) is 11.3 Å². The highest BCUT2D eigenvalue weighted by atomic mass is 32.1. The molecule has 2 heterocycles. The fourth-order valence-corrected chi connectivity index (χ4v) is 4.47. The second-order valence-electron chi connectivity index (χ2n) is 6.82. The lowest BCUT2D eigenvalue weighted by Crippen LogP contribution is -2.45. The number of hydrogen-bond acceptors (Lipinski definition) is 6. The van der Waals surface area contributed by atoms with E-state index in [1.807, 2.05) is 18.2 Å². The highest BCUT2D eigenvalue weighted by Gasteiger charge is 2.19. The summed E-state index contributed by atoms with van der Waals surface area (Å²) in [5.41, 5.74) is 2.86. The first kappa shape index (κ1) is 18.1. The zero-order valence-corrected chi connectivity index (χ0v) is 16.2. The Morgan fingerprint density at radius 1 is 1.04 bits per heavy atom. The Bertz CT molecular complexity index is 899. The minimum absolute atomic E-state index is 0.280. The molecule has 140 valence electrons. The molecule has 0 amide bonds. The number of carbonyl (C=O) groups is 1. The third-order valence-electron chi connectivity index (χ3n) is 4.92. The van der Waals surface area contributed by atoms with Crippen LogP contribution in [0.3, 0.4) is 0 Å². The summed E-state index contributed by atoms with van der Waals surface area (Å²) in [4.78, 5) is 21.3. The molecule has 0 saturated carbocycles. The van der Waals surface area contributed by atoms with Crippen molar-refractivity contribution < 1.29 is 9.53 Å². The van der Waals surface area contributed by atoms with Crippen LogP contribution in [0.5, 0.6) is 0 Å². The summed E-state index contributed by atoms with van der Waals surface area (Å²) in [6.07, 6.45) is 0. The van der Waals surface area contributed by atoms with Gasteiger partial charge in [-0.05, 0) is 29.8 Å². The number of hydrogen-bond donors (Lipinski definition) is 0. The number of fused-ring (bicyclic) bond motifs is 1. The first-order valence-corrected chi connectivity index (χ1v) is 9.99. The van der Waals surface area contributed by atoms with E-state index in [4.69, 9.17) is 9.72 Å². The topological polar surface area (TPSA) is 45.7 Å². The quantitative estimate of drug-likeness (QED) is 0.634. The van der Waals surface area contributed by atoms with E-state index in [1.165, 1.54) is 16.8 Å². The normalized spacial score (nSPS) is 15.9. The lowest BCUT2D eigenvalue weighted by atomic mass is 10.1. The first-order chi connectivity index (χ1) is 13.2. The second kappa shape index (κ2) is 8.17. The summed E-state index contributed by atoms with van der Waals surface area (Å²) in [5.74, 6) is -0.280. The van der Waals surface area contributed by atoms with Crippen molar-refractivity contribution in [2.75, 3.05) is 33.3 Å². The molecule has 0 atom stereocenters. The van der Waals surface area contributed by atoms with E-state index in [0.29, 0.717) is 5.56 Å². The molecule has 5 nitrogen and oxygen atoms in total. The SMILES string of the molecule is COC(=O)c1cccc(CN2CCN(Cc3nc4ccccc4s3)CC2)c1. The molecule has 1 aromatic heterocycles. The van der Waals surface area contributed by atoms with Gasteiger partial charge in [0, 0.05) is 32.7 Å². The molecule has 1 aliphatic rings. The number of methoxy groups -OCH3 is 1. The number of rotatable bonds is 5. The van der Waals surface area contributed by atoms with Crippen LogP contribution in [0.15, 0.2) is 48.5 Å². The van der Waals surface area contributed by atoms with E-state index in [0.717, 1.165) is 50.3 Å². The number of benzene rings is 2. The van der Waals surface area contributed by atoms with Gasteiger partial charge in [-0.25, -0.2) is 9.78 Å². The summed E-state index contributed by atoms with van der Waals surface area (Å²) in [5, 5.41) is 1.19. The van der Waals surface area contributed by atoms with Crippen molar-refractivity contribution in [3.8, 4) is 0 Å². The van der Waals surface area contributed by atoms with E-state index in [1.54, 1.807) is 17.4 Å². The van der Waals surface area contributed by atoms with Crippen molar-refractivity contribution in [1.29, 1.82) is 0 Å². The van der Waals surface area contributed by atoms with Crippen LogP contribution in [0.1, 0.15) is 20.9 Å². The molecule has 0 spiro atoms. The van der Waals surface area contributed by atoms with Gasteiger partial charge in [-0.3, -0.25) is 9.80 Å². The molecule has 0 aliphatic carbocycles. The number of thiazole rings is 1. The van der Waals surface area contributed by atoms with Gasteiger partial charge in [0.05, 0.1) is 29.4 Å². The van der Waals surface area contributed by atoms with Crippen LogP contribution in [0.2, 0.25) is 0 Å². The minimum Gasteiger partial charge on any atom is -0.465 e. The monoisotopic (exact) mass is 381 g/mol. The maximum Gasteiger partial charge on any atom is 0.337 e. The van der Waals surface area contributed by atoms with E-state index >= 15 is 0 Å². The number of esters is 1. The van der Waals surface area contributed by atoms with Gasteiger partial charge in [-0.2, -0.15) is 0 Å². The molecule has 6 heteroatoms. The molecule has 4 rings (SSSR count). The predicted molar refractivity (Wildman–Crippen MR) is 108 cm³/mol. The number of ether oxygens (including phenoxy) is 1. The molecule has 0 N–H and O–H groups in total. The highest BCUT2D eigenvalue weighted by Crippen LogP contribution is 2.23. The summed E-state index contributed by atoms with van der Waals surface area (Å²) < 4.78 is 6.07. The van der Waals surface area contributed by atoms with Gasteiger partial charge < -0.3 is 4.74 Å². The Kier molecular flexibility index (Phi) is 5.48. The molecule has 27 heavy (non-hydrogen) atoms. The average molecular weight is 382 g/mol. The number of nitrogens with zero attached hydrogens (tertiary/aromatic N) is 3. The molecule has 2 aromatic carbocycles. The summed E-state index contributed by atoms with van der Waals surface area (Å²) in [6, 6.07) is 16.0. The van der Waals surface area contributed by atoms with Crippen LogP contribution in [0, 0.1) is 0 Å². The Hall–Kier alpha value is -2.28. The van der Waals surface area contributed by atoms with Crippen molar-refractivity contribution in [1.82, 2.24) is 14.8 Å². The lowest BCUT2D eigenvalue weighted by molar-refractivity contribution is 0.0600. The van der Waals surface area contributed by atoms with Gasteiger partial charge >= 0.3 is 5.97 Å². The fourth-order valence-electron chi connectivity index (χ4n) is 3.46. The van der Waals surface area contributed by atoms with Crippen LogP contribution in [0.25, 0.3) is 10.2 Å². The summed E-state index contributed by atoms with van der Waals surface area (Å²) in [7, 11) is 1.42. The molecular formula is C21H23N3O2S. The van der Waals surface area contributed by atoms with Gasteiger partial charge in [0.2, 0.25) is 0 Å². The summed E-state index contributed by atoms with van der Waals surface area (Å²) >= 11 is 1.79. The Morgan fingerprint density at radius 3 is 2.52 bits per heavy atom. The molecular weight excluding hydrogens is 358 g/mol. The fraction of sp³-hybridized carbons (Fsp3) is 0.333. The Balaban J connectivity index is 1.32. The van der Waals surface area contributed by atoms with Crippen LogP contribution < -0.4 is 0 Å². The molecule has 0 bridgehead atoms. The largest absolute Gasteiger partial charge is 0.465 e. The molecule has 0 unspecified atom stereocenters. The number of piperazine rings is 1. The van der Waals surface area contributed by atoms with Gasteiger partial charge in [-0.1, -0.05) is 24.3 Å². The van der Waals surface area contributed by atoms with Crippen LogP contribution in [0.4, 0.5) is 0 Å². The van der Waals surface area contributed by atoms with Gasteiger partial charge in [0.1, 0.15) is 5.01 Å². The average Bonchev–Trinajstić information content (AvgIpc) is 3.11. The van der Waals surface area contributed by atoms with Crippen molar-refractivity contribution in [2.45, 2.75) is 13.1 Å². The third-order valence-corrected chi connectivity index (χ3v) is 5.94.